The summed E-state index contributed by atoms with van der Waals surface area (Å²) in [5, 5.41) is 9.33. The molecule has 0 bridgehead atoms. The number of ether oxygens (including phenoxy) is 1. The molecule has 0 saturated carbocycles. The highest BCUT2D eigenvalue weighted by Crippen LogP contribution is 2.17. The molecule has 0 aliphatic carbocycles. The summed E-state index contributed by atoms with van der Waals surface area (Å²) in [5.41, 5.74) is 2.99. The Balaban J connectivity index is 0.000000237. The van der Waals surface area contributed by atoms with E-state index in [1.807, 2.05) is 105 Å². The van der Waals surface area contributed by atoms with Crippen molar-refractivity contribution in [3.05, 3.63) is 108 Å². The van der Waals surface area contributed by atoms with E-state index in [0.717, 1.165) is 23.1 Å². The van der Waals surface area contributed by atoms with E-state index in [2.05, 4.69) is 0 Å². The van der Waals surface area contributed by atoms with E-state index in [1.165, 1.54) is 0 Å². The second-order valence-corrected chi connectivity index (χ2v) is 6.54. The maximum atomic E-state index is 11.8. The van der Waals surface area contributed by atoms with Gasteiger partial charge < -0.3 is 9.84 Å². The van der Waals surface area contributed by atoms with Gasteiger partial charge in [0.05, 0.1) is 12.5 Å². The lowest BCUT2D eigenvalue weighted by molar-refractivity contribution is -0.147. The summed E-state index contributed by atoms with van der Waals surface area (Å²) >= 11 is 0. The van der Waals surface area contributed by atoms with Crippen LogP contribution >= 0.6 is 0 Å². The van der Waals surface area contributed by atoms with Gasteiger partial charge >= 0.3 is 5.97 Å². The highest BCUT2D eigenvalue weighted by molar-refractivity contribution is 5.72. The molecule has 3 aromatic rings. The summed E-state index contributed by atoms with van der Waals surface area (Å²) in [5.74, 6) is -0.197. The second-order valence-electron chi connectivity index (χ2n) is 6.54. The molecule has 0 radical (unpaired) electrons. The van der Waals surface area contributed by atoms with Crippen LogP contribution in [0.15, 0.2) is 91.0 Å². The van der Waals surface area contributed by atoms with Gasteiger partial charge in [-0.3, -0.25) is 4.79 Å². The molecule has 146 valence electrons. The molecule has 0 aliphatic rings. The maximum absolute atomic E-state index is 11.8. The smallest absolute Gasteiger partial charge is 0.310 e. The predicted octanol–water partition coefficient (Wildman–Crippen LogP) is 5.66. The van der Waals surface area contributed by atoms with E-state index < -0.39 is 0 Å². The number of benzene rings is 3. The molecule has 0 saturated heterocycles. The zero-order valence-electron chi connectivity index (χ0n) is 16.5. The van der Waals surface area contributed by atoms with Crippen LogP contribution in [0.1, 0.15) is 49.2 Å². The Kier molecular flexibility index (Phi) is 8.96. The Hall–Kier alpha value is -2.91. The third kappa shape index (κ3) is 7.37. The van der Waals surface area contributed by atoms with Crippen LogP contribution in [0.25, 0.3) is 0 Å². The van der Waals surface area contributed by atoms with Gasteiger partial charge in [0.2, 0.25) is 0 Å². The van der Waals surface area contributed by atoms with Gasteiger partial charge in [-0.1, -0.05) is 97.9 Å². The zero-order chi connectivity index (χ0) is 20.2. The molecular weight excluding hydrogens is 348 g/mol. The standard InChI is InChI=1S/C16H16O2.C9H12O/c1-13(15-10-6-3-7-11-15)18-16(17)12-14-8-4-2-5-9-14;1-2-9(10)8-6-4-3-5-7-8/h2-11,13H,12H2,1H3;3-7,9-10H,2H2,1H3. The van der Waals surface area contributed by atoms with Crippen molar-refractivity contribution >= 4 is 5.97 Å². The van der Waals surface area contributed by atoms with Crippen LogP contribution in [0, 0.1) is 0 Å². The molecular formula is C25H28O3. The number of rotatable bonds is 6. The monoisotopic (exact) mass is 376 g/mol. The molecule has 0 amide bonds. The number of aliphatic hydroxyl groups is 1. The molecule has 2 unspecified atom stereocenters. The van der Waals surface area contributed by atoms with Crippen LogP contribution in [0.3, 0.4) is 0 Å². The van der Waals surface area contributed by atoms with Crippen molar-refractivity contribution in [2.24, 2.45) is 0 Å². The molecule has 0 heterocycles. The molecule has 0 aromatic heterocycles. The fraction of sp³-hybridized carbons (Fsp3) is 0.240. The van der Waals surface area contributed by atoms with Gasteiger partial charge in [0.15, 0.2) is 0 Å². The van der Waals surface area contributed by atoms with E-state index in [0.29, 0.717) is 6.42 Å². The molecule has 28 heavy (non-hydrogen) atoms. The van der Waals surface area contributed by atoms with Crippen molar-refractivity contribution in [1.82, 2.24) is 0 Å². The first kappa shape index (κ1) is 21.4. The molecule has 3 heteroatoms. The lowest BCUT2D eigenvalue weighted by Gasteiger charge is -2.13. The minimum absolute atomic E-state index is 0.197. The van der Waals surface area contributed by atoms with Crippen molar-refractivity contribution in [2.75, 3.05) is 0 Å². The average molecular weight is 376 g/mol. The van der Waals surface area contributed by atoms with Crippen LogP contribution in [0.5, 0.6) is 0 Å². The Morgan fingerprint density at radius 1 is 0.821 bits per heavy atom. The van der Waals surface area contributed by atoms with E-state index in [-0.39, 0.29) is 18.2 Å². The first-order valence-corrected chi connectivity index (χ1v) is 9.61. The summed E-state index contributed by atoms with van der Waals surface area (Å²) in [6, 6.07) is 29.1. The number of aliphatic hydroxyl groups excluding tert-OH is 1. The molecule has 3 aromatic carbocycles. The Labute approximate surface area is 167 Å². The minimum atomic E-state index is -0.291. The summed E-state index contributed by atoms with van der Waals surface area (Å²) in [7, 11) is 0. The van der Waals surface area contributed by atoms with E-state index in [9.17, 15) is 9.90 Å². The quantitative estimate of drug-likeness (QED) is 0.564. The molecule has 3 nitrogen and oxygen atoms in total. The highest BCUT2D eigenvalue weighted by Gasteiger charge is 2.11. The van der Waals surface area contributed by atoms with Crippen molar-refractivity contribution in [2.45, 2.75) is 38.9 Å². The van der Waals surface area contributed by atoms with Gasteiger partial charge in [0.25, 0.3) is 0 Å². The van der Waals surface area contributed by atoms with Gasteiger partial charge in [0.1, 0.15) is 6.10 Å². The van der Waals surface area contributed by atoms with Crippen LogP contribution in [-0.4, -0.2) is 11.1 Å². The Morgan fingerprint density at radius 2 is 1.29 bits per heavy atom. The van der Waals surface area contributed by atoms with Gasteiger partial charge in [-0.05, 0) is 30.0 Å². The third-order valence-corrected chi connectivity index (χ3v) is 4.34. The highest BCUT2D eigenvalue weighted by atomic mass is 16.5. The van der Waals surface area contributed by atoms with Crippen molar-refractivity contribution in [1.29, 1.82) is 0 Å². The van der Waals surface area contributed by atoms with Crippen LogP contribution < -0.4 is 0 Å². The lowest BCUT2D eigenvalue weighted by Crippen LogP contribution is -2.11. The second kappa shape index (κ2) is 11.7. The Bertz CT molecular complexity index is 801. The third-order valence-electron chi connectivity index (χ3n) is 4.34. The van der Waals surface area contributed by atoms with Gasteiger partial charge in [-0.15, -0.1) is 0 Å². The first-order chi connectivity index (χ1) is 13.6. The summed E-state index contributed by atoms with van der Waals surface area (Å²) < 4.78 is 5.40. The molecule has 3 rings (SSSR count). The first-order valence-electron chi connectivity index (χ1n) is 9.61. The number of carbonyl (C=O) groups excluding carboxylic acids is 1. The van der Waals surface area contributed by atoms with Crippen molar-refractivity contribution < 1.29 is 14.6 Å². The van der Waals surface area contributed by atoms with Crippen LogP contribution in [0.2, 0.25) is 0 Å². The molecule has 1 N–H and O–H groups in total. The van der Waals surface area contributed by atoms with Gasteiger partial charge in [0, 0.05) is 0 Å². The summed E-state index contributed by atoms with van der Waals surface area (Å²) in [6.07, 6.45) is 0.603. The number of esters is 1. The summed E-state index contributed by atoms with van der Waals surface area (Å²) in [6.45, 7) is 3.86. The predicted molar refractivity (Wildman–Crippen MR) is 113 cm³/mol. The largest absolute Gasteiger partial charge is 0.458 e. The topological polar surface area (TPSA) is 46.5 Å². The fourth-order valence-corrected chi connectivity index (χ4v) is 2.70. The lowest BCUT2D eigenvalue weighted by atomic mass is 10.1. The van der Waals surface area contributed by atoms with E-state index in [1.54, 1.807) is 0 Å². The number of hydrogen-bond acceptors (Lipinski definition) is 3. The molecule has 0 spiro atoms. The molecule has 0 fully saturated rings. The molecule has 2 atom stereocenters. The molecule has 0 aliphatic heterocycles. The maximum Gasteiger partial charge on any atom is 0.310 e. The SMILES string of the molecule is CC(OC(=O)Cc1ccccc1)c1ccccc1.CCC(O)c1ccccc1. The average Bonchev–Trinajstić information content (AvgIpc) is 2.75. The van der Waals surface area contributed by atoms with E-state index >= 15 is 0 Å². The normalized spacial score (nSPS) is 12.2. The number of hydrogen-bond donors (Lipinski definition) is 1. The van der Waals surface area contributed by atoms with Gasteiger partial charge in [-0.2, -0.15) is 0 Å². The Morgan fingerprint density at radius 3 is 1.79 bits per heavy atom. The summed E-state index contributed by atoms with van der Waals surface area (Å²) in [4.78, 5) is 11.8. The van der Waals surface area contributed by atoms with Crippen molar-refractivity contribution in [3.63, 3.8) is 0 Å². The van der Waals surface area contributed by atoms with Crippen LogP contribution in [-0.2, 0) is 16.0 Å². The number of carbonyl (C=O) groups is 1. The van der Waals surface area contributed by atoms with Crippen LogP contribution in [0.4, 0.5) is 0 Å². The van der Waals surface area contributed by atoms with Gasteiger partial charge in [-0.25, -0.2) is 0 Å². The van der Waals surface area contributed by atoms with E-state index in [4.69, 9.17) is 4.74 Å². The fourth-order valence-electron chi connectivity index (χ4n) is 2.70. The minimum Gasteiger partial charge on any atom is -0.458 e. The van der Waals surface area contributed by atoms with Crippen molar-refractivity contribution in [3.8, 4) is 0 Å². The zero-order valence-corrected chi connectivity index (χ0v) is 16.5.